The van der Waals surface area contributed by atoms with Crippen LogP contribution in [0.25, 0.3) is 5.57 Å². The van der Waals surface area contributed by atoms with Crippen LogP contribution in [0.15, 0.2) is 66.9 Å². The monoisotopic (exact) mass is 367 g/mol. The molecule has 2 aliphatic rings. The Labute approximate surface area is 164 Å². The summed E-state index contributed by atoms with van der Waals surface area (Å²) in [6.07, 6.45) is 7.87. The van der Waals surface area contributed by atoms with Gasteiger partial charge >= 0.3 is 5.97 Å². The molecule has 2 aliphatic carbocycles. The molecule has 0 spiro atoms. The molecule has 138 valence electrons. The lowest BCUT2D eigenvalue weighted by molar-refractivity contribution is 0.0695. The molecule has 0 aliphatic heterocycles. The number of hydrogen-bond acceptors (Lipinski definition) is 2. The number of rotatable bonds is 5. The zero-order valence-electron chi connectivity index (χ0n) is 15.6. The van der Waals surface area contributed by atoms with Gasteiger partial charge in [-0.3, -0.25) is 4.98 Å². The fourth-order valence-electron chi connectivity index (χ4n) is 4.07. The molecule has 0 amide bonds. The van der Waals surface area contributed by atoms with Crippen LogP contribution in [-0.2, 0) is 12.8 Å². The van der Waals surface area contributed by atoms with Gasteiger partial charge in [-0.15, -0.1) is 0 Å². The molecule has 1 heterocycles. The standard InChI is InChI=1S/C25H21NO2/c27-25(28)23-14-20(17-7-8-17)15-26-24(23)13-16-6-10-22-19(12-16)9-11-21(22)18-4-2-1-3-5-18/h1-6,10-12,14-15,17H,7-9,13H2,(H,27,28). The van der Waals surface area contributed by atoms with Crippen molar-refractivity contribution in [2.45, 2.75) is 31.6 Å². The molecular weight excluding hydrogens is 346 g/mol. The molecule has 0 atom stereocenters. The van der Waals surface area contributed by atoms with Crippen molar-refractivity contribution in [3.63, 3.8) is 0 Å². The van der Waals surface area contributed by atoms with Crippen LogP contribution in [-0.4, -0.2) is 16.1 Å². The summed E-state index contributed by atoms with van der Waals surface area (Å²) in [5, 5.41) is 9.64. The van der Waals surface area contributed by atoms with Gasteiger partial charge in [0, 0.05) is 12.6 Å². The summed E-state index contributed by atoms with van der Waals surface area (Å²) in [5.41, 5.74) is 8.23. The van der Waals surface area contributed by atoms with E-state index in [2.05, 4.69) is 53.5 Å². The molecule has 2 aromatic carbocycles. The summed E-state index contributed by atoms with van der Waals surface area (Å²) in [5.74, 6) is -0.388. The lowest BCUT2D eigenvalue weighted by Crippen LogP contribution is -2.07. The fraction of sp³-hybridized carbons (Fsp3) is 0.200. The maximum Gasteiger partial charge on any atom is 0.337 e. The minimum atomic E-state index is -0.890. The second-order valence-corrected chi connectivity index (χ2v) is 7.70. The summed E-state index contributed by atoms with van der Waals surface area (Å²) in [6.45, 7) is 0. The SMILES string of the molecule is O=C(O)c1cc(C2CC2)cnc1Cc1ccc2c(c1)CC=C2c1ccccc1. The molecule has 1 N–H and O–H groups in total. The van der Waals surface area contributed by atoms with Crippen LogP contribution < -0.4 is 0 Å². The number of nitrogens with zero attached hydrogens (tertiary/aromatic N) is 1. The third-order valence-corrected chi connectivity index (χ3v) is 5.71. The molecular formula is C25H21NO2. The van der Waals surface area contributed by atoms with E-state index in [0.29, 0.717) is 23.6 Å². The summed E-state index contributed by atoms with van der Waals surface area (Å²) >= 11 is 0. The fourth-order valence-corrected chi connectivity index (χ4v) is 4.07. The van der Waals surface area contributed by atoms with Crippen LogP contribution in [0.1, 0.15) is 62.6 Å². The van der Waals surface area contributed by atoms with Crippen molar-refractivity contribution in [1.82, 2.24) is 4.98 Å². The van der Waals surface area contributed by atoms with Gasteiger partial charge < -0.3 is 5.11 Å². The number of benzene rings is 2. The minimum Gasteiger partial charge on any atom is -0.478 e. The Balaban J connectivity index is 1.43. The summed E-state index contributed by atoms with van der Waals surface area (Å²) in [7, 11) is 0. The Hall–Kier alpha value is -3.20. The Kier molecular flexibility index (Phi) is 4.09. The Morgan fingerprint density at radius 3 is 2.64 bits per heavy atom. The highest BCUT2D eigenvalue weighted by atomic mass is 16.4. The van der Waals surface area contributed by atoms with E-state index >= 15 is 0 Å². The second kappa shape index (κ2) is 6.75. The van der Waals surface area contributed by atoms with Crippen molar-refractivity contribution in [2.24, 2.45) is 0 Å². The van der Waals surface area contributed by atoms with Gasteiger partial charge in [-0.2, -0.15) is 0 Å². The average Bonchev–Trinajstić information content (AvgIpc) is 3.48. The predicted octanol–water partition coefficient (Wildman–Crippen LogP) is 5.24. The number of hydrogen-bond donors (Lipinski definition) is 1. The van der Waals surface area contributed by atoms with Crippen LogP contribution in [0, 0.1) is 0 Å². The first kappa shape index (κ1) is 16.9. The molecule has 1 saturated carbocycles. The van der Waals surface area contributed by atoms with E-state index in [0.717, 1.165) is 30.4 Å². The number of aromatic carboxylic acids is 1. The van der Waals surface area contributed by atoms with Crippen LogP contribution in [0.4, 0.5) is 0 Å². The molecule has 5 rings (SSSR count). The predicted molar refractivity (Wildman–Crippen MR) is 110 cm³/mol. The third kappa shape index (κ3) is 3.13. The molecule has 3 nitrogen and oxygen atoms in total. The Morgan fingerprint density at radius 1 is 1.07 bits per heavy atom. The van der Waals surface area contributed by atoms with E-state index in [-0.39, 0.29) is 0 Å². The van der Waals surface area contributed by atoms with Gasteiger partial charge in [0.05, 0.1) is 11.3 Å². The number of allylic oxidation sites excluding steroid dienone is 1. The topological polar surface area (TPSA) is 50.2 Å². The van der Waals surface area contributed by atoms with Gasteiger partial charge in [-0.25, -0.2) is 4.79 Å². The van der Waals surface area contributed by atoms with Crippen LogP contribution in [0.3, 0.4) is 0 Å². The molecule has 3 aromatic rings. The Bertz CT molecular complexity index is 1090. The highest BCUT2D eigenvalue weighted by Gasteiger charge is 2.26. The van der Waals surface area contributed by atoms with Crippen molar-refractivity contribution in [3.05, 3.63) is 106 Å². The average molecular weight is 367 g/mol. The van der Waals surface area contributed by atoms with Gasteiger partial charge in [0.15, 0.2) is 0 Å². The van der Waals surface area contributed by atoms with Gasteiger partial charge in [0.25, 0.3) is 0 Å². The van der Waals surface area contributed by atoms with Crippen LogP contribution >= 0.6 is 0 Å². The van der Waals surface area contributed by atoms with Gasteiger partial charge in [0.2, 0.25) is 0 Å². The van der Waals surface area contributed by atoms with Gasteiger partial charge in [-0.1, -0.05) is 54.6 Å². The molecule has 3 heteroatoms. The van der Waals surface area contributed by atoms with E-state index in [1.54, 1.807) is 0 Å². The van der Waals surface area contributed by atoms with Gasteiger partial charge in [-0.05, 0) is 64.6 Å². The highest BCUT2D eigenvalue weighted by Crippen LogP contribution is 2.40. The van der Waals surface area contributed by atoms with Crippen molar-refractivity contribution < 1.29 is 9.90 Å². The number of carboxylic acid groups (broad SMARTS) is 1. The second-order valence-electron chi connectivity index (χ2n) is 7.70. The van der Waals surface area contributed by atoms with Crippen LogP contribution in [0.2, 0.25) is 0 Å². The lowest BCUT2D eigenvalue weighted by Gasteiger charge is -2.11. The smallest absolute Gasteiger partial charge is 0.337 e. The molecule has 0 unspecified atom stereocenters. The van der Waals surface area contributed by atoms with E-state index < -0.39 is 5.97 Å². The number of carbonyl (C=O) groups is 1. The number of carboxylic acids is 1. The first-order valence-corrected chi connectivity index (χ1v) is 9.79. The van der Waals surface area contributed by atoms with Crippen molar-refractivity contribution >= 4 is 11.5 Å². The summed E-state index contributed by atoms with van der Waals surface area (Å²) < 4.78 is 0. The van der Waals surface area contributed by atoms with E-state index in [4.69, 9.17) is 0 Å². The summed E-state index contributed by atoms with van der Waals surface area (Å²) in [6, 6.07) is 18.7. The Morgan fingerprint density at radius 2 is 1.89 bits per heavy atom. The first-order valence-electron chi connectivity index (χ1n) is 9.79. The lowest BCUT2D eigenvalue weighted by atomic mass is 9.95. The molecule has 28 heavy (non-hydrogen) atoms. The maximum atomic E-state index is 11.7. The van der Waals surface area contributed by atoms with Crippen LogP contribution in [0.5, 0.6) is 0 Å². The van der Waals surface area contributed by atoms with Crippen molar-refractivity contribution in [1.29, 1.82) is 0 Å². The summed E-state index contributed by atoms with van der Waals surface area (Å²) in [4.78, 5) is 16.3. The van der Waals surface area contributed by atoms with Gasteiger partial charge in [0.1, 0.15) is 0 Å². The normalized spacial score (nSPS) is 15.2. The highest BCUT2D eigenvalue weighted by molar-refractivity contribution is 5.89. The van der Waals surface area contributed by atoms with Crippen molar-refractivity contribution in [3.8, 4) is 0 Å². The number of pyridine rings is 1. The molecule has 0 radical (unpaired) electrons. The largest absolute Gasteiger partial charge is 0.478 e. The minimum absolute atomic E-state index is 0.341. The molecule has 1 fully saturated rings. The first-order chi connectivity index (χ1) is 13.7. The third-order valence-electron chi connectivity index (χ3n) is 5.71. The van der Waals surface area contributed by atoms with E-state index in [1.807, 2.05) is 18.3 Å². The number of aromatic nitrogens is 1. The quantitative estimate of drug-likeness (QED) is 0.671. The maximum absolute atomic E-state index is 11.7. The van der Waals surface area contributed by atoms with E-state index in [9.17, 15) is 9.90 Å². The zero-order chi connectivity index (χ0) is 19.1. The number of fused-ring (bicyclic) bond motifs is 1. The zero-order valence-corrected chi connectivity index (χ0v) is 15.6. The molecule has 1 aromatic heterocycles. The molecule has 0 saturated heterocycles. The van der Waals surface area contributed by atoms with E-state index in [1.165, 1.54) is 22.3 Å². The van der Waals surface area contributed by atoms with Crippen molar-refractivity contribution in [2.75, 3.05) is 0 Å². The molecule has 0 bridgehead atoms.